The summed E-state index contributed by atoms with van der Waals surface area (Å²) in [5.41, 5.74) is 0. The standard InChI is InChI=1S/C9H20.4H2O/c1-3-5-7-9-8-6-4-2;;;;/h3-9H2,1-2H3;4*1H2. The van der Waals surface area contributed by atoms with Crippen LogP contribution in [0, 0.1) is 0 Å². The van der Waals surface area contributed by atoms with Gasteiger partial charge in [-0.3, -0.25) is 0 Å². The molecule has 0 aliphatic carbocycles. The van der Waals surface area contributed by atoms with Crippen LogP contribution in [0.2, 0.25) is 0 Å². The third-order valence-corrected chi connectivity index (χ3v) is 1.71. The lowest BCUT2D eigenvalue weighted by Crippen LogP contribution is -1.76. The van der Waals surface area contributed by atoms with Crippen LogP contribution in [-0.2, 0) is 0 Å². The van der Waals surface area contributed by atoms with Crippen molar-refractivity contribution < 1.29 is 21.9 Å². The quantitative estimate of drug-likeness (QED) is 0.552. The van der Waals surface area contributed by atoms with Gasteiger partial charge in [0, 0.05) is 0 Å². The molecule has 0 atom stereocenters. The maximum atomic E-state index is 2.26. The first-order chi connectivity index (χ1) is 4.41. The number of hydrogen-bond donors (Lipinski definition) is 0. The van der Waals surface area contributed by atoms with Gasteiger partial charge in [0.25, 0.3) is 0 Å². The predicted octanol–water partition coefficient (Wildman–Crippen LogP) is 0.458. The summed E-state index contributed by atoms with van der Waals surface area (Å²) in [4.78, 5) is 0. The summed E-state index contributed by atoms with van der Waals surface area (Å²) in [5, 5.41) is 0. The van der Waals surface area contributed by atoms with Gasteiger partial charge in [-0.2, -0.15) is 0 Å². The Morgan fingerprint density at radius 3 is 0.923 bits per heavy atom. The van der Waals surface area contributed by atoms with Crippen LogP contribution in [0.4, 0.5) is 0 Å². The van der Waals surface area contributed by atoms with Gasteiger partial charge in [-0.15, -0.1) is 0 Å². The molecule has 8 N–H and O–H groups in total. The van der Waals surface area contributed by atoms with E-state index in [1.807, 2.05) is 0 Å². The van der Waals surface area contributed by atoms with Crippen LogP contribution < -0.4 is 0 Å². The molecule has 0 aliphatic rings. The summed E-state index contributed by atoms with van der Waals surface area (Å²) in [6.07, 6.45) is 9.97. The molecule has 0 saturated carbocycles. The Bertz CT molecular complexity index is 44.9. The molecule has 0 aromatic heterocycles. The normalized spacial score (nSPS) is 6.92. The second-order valence-corrected chi connectivity index (χ2v) is 2.77. The van der Waals surface area contributed by atoms with Gasteiger partial charge in [0.05, 0.1) is 0 Å². The highest BCUT2D eigenvalue weighted by Gasteiger charge is 1.85. The Labute approximate surface area is 81.6 Å². The maximum absolute atomic E-state index is 2.26. The average molecular weight is 200 g/mol. The summed E-state index contributed by atoms with van der Waals surface area (Å²) in [6.45, 7) is 4.53. The summed E-state index contributed by atoms with van der Waals surface area (Å²) in [7, 11) is 0. The largest absolute Gasteiger partial charge is 0.412 e. The summed E-state index contributed by atoms with van der Waals surface area (Å²) < 4.78 is 0. The third kappa shape index (κ3) is 33.6. The van der Waals surface area contributed by atoms with Crippen molar-refractivity contribution in [3.63, 3.8) is 0 Å². The van der Waals surface area contributed by atoms with Crippen molar-refractivity contribution in [1.29, 1.82) is 0 Å². The molecule has 0 aromatic rings. The van der Waals surface area contributed by atoms with Crippen LogP contribution in [0.25, 0.3) is 0 Å². The Morgan fingerprint density at radius 2 is 0.692 bits per heavy atom. The molecular formula is C9H28O4. The fraction of sp³-hybridized carbons (Fsp3) is 1.00. The fourth-order valence-electron chi connectivity index (χ4n) is 1.03. The lowest BCUT2D eigenvalue weighted by atomic mass is 10.1. The molecule has 4 nitrogen and oxygen atoms in total. The smallest absolute Gasteiger partial charge is 0.0533 e. The molecule has 0 spiro atoms. The Morgan fingerprint density at radius 1 is 0.462 bits per heavy atom. The van der Waals surface area contributed by atoms with Gasteiger partial charge in [-0.1, -0.05) is 58.8 Å². The molecular weight excluding hydrogens is 172 g/mol. The number of hydrogen-bond acceptors (Lipinski definition) is 0. The van der Waals surface area contributed by atoms with Crippen molar-refractivity contribution in [2.45, 2.75) is 58.8 Å². The molecule has 0 aromatic carbocycles. The number of unbranched alkanes of at least 4 members (excludes halogenated alkanes) is 6. The molecule has 4 heteroatoms. The van der Waals surface area contributed by atoms with Crippen molar-refractivity contribution in [2.24, 2.45) is 0 Å². The van der Waals surface area contributed by atoms with E-state index in [2.05, 4.69) is 13.8 Å². The molecule has 88 valence electrons. The van der Waals surface area contributed by atoms with Crippen molar-refractivity contribution in [3.05, 3.63) is 0 Å². The second-order valence-electron chi connectivity index (χ2n) is 2.77. The van der Waals surface area contributed by atoms with E-state index in [1.165, 1.54) is 44.9 Å². The molecule has 0 saturated heterocycles. The molecule has 0 aliphatic heterocycles. The maximum Gasteiger partial charge on any atom is -0.0533 e. The van der Waals surface area contributed by atoms with E-state index < -0.39 is 0 Å². The van der Waals surface area contributed by atoms with Gasteiger partial charge in [0.2, 0.25) is 0 Å². The topological polar surface area (TPSA) is 126 Å². The van der Waals surface area contributed by atoms with E-state index in [-0.39, 0.29) is 21.9 Å². The van der Waals surface area contributed by atoms with Crippen LogP contribution in [0.5, 0.6) is 0 Å². The Kier molecular flexibility index (Phi) is 67.0. The highest BCUT2D eigenvalue weighted by atomic mass is 16.0. The van der Waals surface area contributed by atoms with Crippen LogP contribution in [0.3, 0.4) is 0 Å². The molecule has 0 radical (unpaired) electrons. The van der Waals surface area contributed by atoms with Crippen LogP contribution >= 0.6 is 0 Å². The van der Waals surface area contributed by atoms with Gasteiger partial charge >= 0.3 is 0 Å². The Hall–Kier alpha value is -0.160. The molecule has 0 amide bonds. The van der Waals surface area contributed by atoms with Crippen molar-refractivity contribution >= 4 is 0 Å². The zero-order valence-electron chi connectivity index (χ0n) is 8.95. The lowest BCUT2D eigenvalue weighted by molar-refractivity contribution is 0.602. The van der Waals surface area contributed by atoms with Gasteiger partial charge < -0.3 is 21.9 Å². The first-order valence-electron chi connectivity index (χ1n) is 4.41. The van der Waals surface area contributed by atoms with E-state index >= 15 is 0 Å². The van der Waals surface area contributed by atoms with E-state index in [1.54, 1.807) is 0 Å². The molecule has 0 fully saturated rings. The van der Waals surface area contributed by atoms with Gasteiger partial charge in [-0.25, -0.2) is 0 Å². The monoisotopic (exact) mass is 200 g/mol. The van der Waals surface area contributed by atoms with E-state index in [9.17, 15) is 0 Å². The molecule has 0 bridgehead atoms. The van der Waals surface area contributed by atoms with E-state index in [4.69, 9.17) is 0 Å². The highest BCUT2D eigenvalue weighted by Crippen LogP contribution is 2.05. The van der Waals surface area contributed by atoms with E-state index in [0.29, 0.717) is 0 Å². The average Bonchev–Trinajstić information content (AvgIpc) is 1.89. The third-order valence-electron chi connectivity index (χ3n) is 1.71. The van der Waals surface area contributed by atoms with E-state index in [0.717, 1.165) is 0 Å². The lowest BCUT2D eigenvalue weighted by Gasteiger charge is -1.96. The minimum absolute atomic E-state index is 0. The molecule has 0 unspecified atom stereocenters. The zero-order chi connectivity index (χ0) is 6.95. The van der Waals surface area contributed by atoms with Crippen LogP contribution in [0.1, 0.15) is 58.8 Å². The van der Waals surface area contributed by atoms with Gasteiger partial charge in [0.15, 0.2) is 0 Å². The molecule has 0 heterocycles. The first kappa shape index (κ1) is 29.3. The van der Waals surface area contributed by atoms with Crippen molar-refractivity contribution in [2.75, 3.05) is 0 Å². The predicted molar refractivity (Wildman–Crippen MR) is 58.1 cm³/mol. The van der Waals surface area contributed by atoms with Crippen LogP contribution in [0.15, 0.2) is 0 Å². The Balaban J connectivity index is -0.0000000533. The summed E-state index contributed by atoms with van der Waals surface area (Å²) >= 11 is 0. The minimum Gasteiger partial charge on any atom is -0.412 e. The minimum atomic E-state index is 0. The fourth-order valence-corrected chi connectivity index (χ4v) is 1.03. The van der Waals surface area contributed by atoms with Gasteiger partial charge in [0.1, 0.15) is 0 Å². The van der Waals surface area contributed by atoms with Gasteiger partial charge in [-0.05, 0) is 0 Å². The summed E-state index contributed by atoms with van der Waals surface area (Å²) in [5.74, 6) is 0. The van der Waals surface area contributed by atoms with Crippen molar-refractivity contribution in [1.82, 2.24) is 0 Å². The second kappa shape index (κ2) is 29.7. The first-order valence-corrected chi connectivity index (χ1v) is 4.41. The SMILES string of the molecule is CCCCCCCCC.O.O.O.O. The molecule has 13 heavy (non-hydrogen) atoms. The highest BCUT2D eigenvalue weighted by molar-refractivity contribution is 4.41. The zero-order valence-corrected chi connectivity index (χ0v) is 8.95. The number of rotatable bonds is 6. The molecule has 0 rings (SSSR count). The summed E-state index contributed by atoms with van der Waals surface area (Å²) in [6, 6.07) is 0. The van der Waals surface area contributed by atoms with Crippen molar-refractivity contribution in [3.8, 4) is 0 Å². The van der Waals surface area contributed by atoms with Crippen LogP contribution in [-0.4, -0.2) is 21.9 Å².